The van der Waals surface area contributed by atoms with Crippen molar-refractivity contribution < 1.29 is 5.11 Å². The van der Waals surface area contributed by atoms with Crippen molar-refractivity contribution in [2.24, 2.45) is 5.92 Å². The summed E-state index contributed by atoms with van der Waals surface area (Å²) in [5.74, 6) is 0.864. The number of likely N-dealkylation sites (tertiary alicyclic amines) is 1. The molecule has 0 bridgehead atoms. The van der Waals surface area contributed by atoms with Crippen molar-refractivity contribution in [1.29, 1.82) is 0 Å². The van der Waals surface area contributed by atoms with E-state index in [1.165, 1.54) is 19.4 Å². The Balaban J connectivity index is 2.35. The maximum atomic E-state index is 9.24. The summed E-state index contributed by atoms with van der Waals surface area (Å²) >= 11 is 0. The molecule has 1 aliphatic rings. The molecule has 3 heteroatoms. The van der Waals surface area contributed by atoms with Gasteiger partial charge in [-0.2, -0.15) is 0 Å². The number of hydrogen-bond donors (Lipinski definition) is 2. The molecule has 15 heavy (non-hydrogen) atoms. The molecule has 0 amide bonds. The Hall–Kier alpha value is -0.120. The van der Waals surface area contributed by atoms with Crippen LogP contribution in [0.2, 0.25) is 0 Å². The molecule has 3 unspecified atom stereocenters. The lowest BCUT2D eigenvalue weighted by Crippen LogP contribution is -2.49. The van der Waals surface area contributed by atoms with Crippen molar-refractivity contribution >= 4 is 0 Å². The molecule has 0 aromatic heterocycles. The van der Waals surface area contributed by atoms with E-state index < -0.39 is 0 Å². The topological polar surface area (TPSA) is 35.5 Å². The summed E-state index contributed by atoms with van der Waals surface area (Å²) in [5.41, 5.74) is 0. The van der Waals surface area contributed by atoms with E-state index in [1.54, 1.807) is 0 Å². The molecule has 0 radical (unpaired) electrons. The molecule has 3 atom stereocenters. The average Bonchev–Trinajstić information content (AvgIpc) is 2.21. The molecule has 90 valence electrons. The van der Waals surface area contributed by atoms with Crippen LogP contribution in [0.4, 0.5) is 0 Å². The molecule has 1 aliphatic heterocycles. The minimum atomic E-state index is 0.242. The minimum absolute atomic E-state index is 0.242. The molecule has 0 saturated carbocycles. The molecule has 1 saturated heterocycles. The van der Waals surface area contributed by atoms with Gasteiger partial charge in [-0.3, -0.25) is 4.90 Å². The number of aliphatic hydroxyl groups is 1. The molecule has 1 heterocycles. The Morgan fingerprint density at radius 3 is 2.73 bits per heavy atom. The van der Waals surface area contributed by atoms with Crippen LogP contribution >= 0.6 is 0 Å². The van der Waals surface area contributed by atoms with Crippen LogP contribution in [0.15, 0.2) is 0 Å². The van der Waals surface area contributed by atoms with Gasteiger partial charge in [0.15, 0.2) is 0 Å². The number of rotatable bonds is 5. The standard InChI is InChI=1S/C12H26N2O/c1-4-13-12(9-15)8-14-6-5-10(2)7-11(14)3/h10-13,15H,4-9H2,1-3H3. The van der Waals surface area contributed by atoms with Crippen molar-refractivity contribution in [1.82, 2.24) is 10.2 Å². The second-order valence-corrected chi connectivity index (χ2v) is 4.91. The third kappa shape index (κ3) is 4.09. The van der Waals surface area contributed by atoms with Crippen LogP contribution < -0.4 is 5.32 Å². The highest BCUT2D eigenvalue weighted by molar-refractivity contribution is 4.80. The zero-order chi connectivity index (χ0) is 11.3. The summed E-state index contributed by atoms with van der Waals surface area (Å²) in [6, 6.07) is 0.910. The van der Waals surface area contributed by atoms with Gasteiger partial charge in [-0.1, -0.05) is 13.8 Å². The van der Waals surface area contributed by atoms with Crippen molar-refractivity contribution in [3.63, 3.8) is 0 Å². The Bertz CT molecular complexity index is 175. The number of piperidine rings is 1. The van der Waals surface area contributed by atoms with Crippen molar-refractivity contribution in [2.75, 3.05) is 26.2 Å². The second kappa shape index (κ2) is 6.46. The van der Waals surface area contributed by atoms with Crippen LogP contribution in [-0.4, -0.2) is 48.3 Å². The van der Waals surface area contributed by atoms with Gasteiger partial charge in [0.2, 0.25) is 0 Å². The predicted octanol–water partition coefficient (Wildman–Crippen LogP) is 1.08. The van der Waals surface area contributed by atoms with Crippen molar-refractivity contribution in [3.8, 4) is 0 Å². The normalized spacial score (nSPS) is 30.4. The smallest absolute Gasteiger partial charge is 0.0597 e. The Morgan fingerprint density at radius 1 is 1.47 bits per heavy atom. The molecule has 2 N–H and O–H groups in total. The molecule has 1 rings (SSSR count). The number of hydrogen-bond acceptors (Lipinski definition) is 3. The van der Waals surface area contributed by atoms with Gasteiger partial charge in [-0.15, -0.1) is 0 Å². The first-order chi connectivity index (χ1) is 7.17. The van der Waals surface area contributed by atoms with E-state index in [0.717, 1.165) is 19.0 Å². The highest BCUT2D eigenvalue weighted by Gasteiger charge is 2.24. The van der Waals surface area contributed by atoms with Gasteiger partial charge >= 0.3 is 0 Å². The van der Waals surface area contributed by atoms with E-state index in [0.29, 0.717) is 6.04 Å². The van der Waals surface area contributed by atoms with Crippen molar-refractivity contribution in [3.05, 3.63) is 0 Å². The van der Waals surface area contributed by atoms with Gasteiger partial charge in [-0.05, 0) is 38.8 Å². The van der Waals surface area contributed by atoms with E-state index in [2.05, 4.69) is 31.0 Å². The fourth-order valence-corrected chi connectivity index (χ4v) is 2.49. The van der Waals surface area contributed by atoms with Crippen LogP contribution in [0.1, 0.15) is 33.6 Å². The van der Waals surface area contributed by atoms with Crippen LogP contribution in [0.5, 0.6) is 0 Å². The van der Waals surface area contributed by atoms with E-state index >= 15 is 0 Å². The van der Waals surface area contributed by atoms with Crippen LogP contribution in [-0.2, 0) is 0 Å². The number of nitrogens with zero attached hydrogens (tertiary/aromatic N) is 1. The first-order valence-electron chi connectivity index (χ1n) is 6.25. The third-order valence-corrected chi connectivity index (χ3v) is 3.44. The van der Waals surface area contributed by atoms with Gasteiger partial charge in [-0.25, -0.2) is 0 Å². The van der Waals surface area contributed by atoms with E-state index in [1.807, 2.05) is 0 Å². The van der Waals surface area contributed by atoms with Crippen LogP contribution in [0.3, 0.4) is 0 Å². The van der Waals surface area contributed by atoms with E-state index in [4.69, 9.17) is 0 Å². The quantitative estimate of drug-likeness (QED) is 0.719. The summed E-state index contributed by atoms with van der Waals surface area (Å²) in [5, 5.41) is 12.6. The monoisotopic (exact) mass is 214 g/mol. The summed E-state index contributed by atoms with van der Waals surface area (Å²) < 4.78 is 0. The molecule has 1 fully saturated rings. The van der Waals surface area contributed by atoms with Crippen LogP contribution in [0, 0.1) is 5.92 Å². The molecule has 0 aromatic rings. The fourth-order valence-electron chi connectivity index (χ4n) is 2.49. The first-order valence-corrected chi connectivity index (χ1v) is 6.25. The summed E-state index contributed by atoms with van der Waals surface area (Å²) in [7, 11) is 0. The number of likely N-dealkylation sites (N-methyl/N-ethyl adjacent to an activating group) is 1. The van der Waals surface area contributed by atoms with Gasteiger partial charge in [0, 0.05) is 18.6 Å². The van der Waals surface area contributed by atoms with E-state index in [-0.39, 0.29) is 12.6 Å². The van der Waals surface area contributed by atoms with Crippen LogP contribution in [0.25, 0.3) is 0 Å². The molecule has 0 aromatic carbocycles. The largest absolute Gasteiger partial charge is 0.395 e. The molecular weight excluding hydrogens is 188 g/mol. The van der Waals surface area contributed by atoms with Gasteiger partial charge in [0.1, 0.15) is 0 Å². The minimum Gasteiger partial charge on any atom is -0.395 e. The predicted molar refractivity (Wildman–Crippen MR) is 64.0 cm³/mol. The number of aliphatic hydroxyl groups excluding tert-OH is 1. The maximum Gasteiger partial charge on any atom is 0.0597 e. The molecule has 0 spiro atoms. The summed E-state index contributed by atoms with van der Waals surface area (Å²) in [4.78, 5) is 2.50. The van der Waals surface area contributed by atoms with Crippen molar-refractivity contribution in [2.45, 2.75) is 45.7 Å². The second-order valence-electron chi connectivity index (χ2n) is 4.91. The fraction of sp³-hybridized carbons (Fsp3) is 1.00. The summed E-state index contributed by atoms with van der Waals surface area (Å²) in [6.07, 6.45) is 2.60. The lowest BCUT2D eigenvalue weighted by Gasteiger charge is -2.38. The lowest BCUT2D eigenvalue weighted by molar-refractivity contribution is 0.102. The Labute approximate surface area is 93.9 Å². The van der Waals surface area contributed by atoms with Gasteiger partial charge in [0.05, 0.1) is 6.61 Å². The third-order valence-electron chi connectivity index (χ3n) is 3.44. The first kappa shape index (κ1) is 12.9. The van der Waals surface area contributed by atoms with Gasteiger partial charge < -0.3 is 10.4 Å². The highest BCUT2D eigenvalue weighted by Crippen LogP contribution is 2.21. The zero-order valence-corrected chi connectivity index (χ0v) is 10.4. The number of nitrogens with one attached hydrogen (secondary N) is 1. The Kier molecular flexibility index (Phi) is 5.58. The lowest BCUT2D eigenvalue weighted by atomic mass is 9.93. The Morgan fingerprint density at radius 2 is 2.20 bits per heavy atom. The zero-order valence-electron chi connectivity index (χ0n) is 10.4. The molecular formula is C12H26N2O. The maximum absolute atomic E-state index is 9.24. The summed E-state index contributed by atoms with van der Waals surface area (Å²) in [6.45, 7) is 10.1. The SMILES string of the molecule is CCNC(CO)CN1CCC(C)CC1C. The highest BCUT2D eigenvalue weighted by atomic mass is 16.3. The molecule has 0 aliphatic carbocycles. The average molecular weight is 214 g/mol. The molecule has 3 nitrogen and oxygen atoms in total. The van der Waals surface area contributed by atoms with Gasteiger partial charge in [0.25, 0.3) is 0 Å². The van der Waals surface area contributed by atoms with E-state index in [9.17, 15) is 5.11 Å².